The van der Waals surface area contributed by atoms with E-state index in [0.717, 1.165) is 89.9 Å². The Balaban J connectivity index is 2.16. The minimum Gasteiger partial charge on any atom is -0.394 e. The Morgan fingerprint density at radius 2 is 0.899 bits per heavy atom. The maximum atomic E-state index is 13.0. The number of allylic oxidation sites excluding steroid dienone is 14. The molecule has 0 spiro atoms. The van der Waals surface area contributed by atoms with Gasteiger partial charge in [0, 0.05) is 6.42 Å². The molecule has 0 bridgehead atoms. The first-order valence-corrected chi connectivity index (χ1v) is 28.3. The Morgan fingerprint density at radius 3 is 1.33 bits per heavy atom. The van der Waals surface area contributed by atoms with Gasteiger partial charge in [-0.15, -0.1) is 0 Å². The molecule has 9 nitrogen and oxygen atoms in total. The van der Waals surface area contributed by atoms with E-state index < -0.39 is 49.5 Å². The SMILES string of the molecule is CC/C=C\C/C=C\C/C=C\C/C=C\C/C=C\C/C=C\C/C=C\CCCCCCCCCCCCCC(=O)NC(COC1OC(CO)C(O)C(O)C1O)C(O)CCCCCCCCCCCCCCC. The molecule has 1 heterocycles. The van der Waals surface area contributed by atoms with E-state index in [2.05, 4.69) is 104 Å². The van der Waals surface area contributed by atoms with Crippen LogP contribution in [-0.4, -0.2) is 87.5 Å². The maximum absolute atomic E-state index is 13.0. The Labute approximate surface area is 422 Å². The van der Waals surface area contributed by atoms with Crippen molar-refractivity contribution in [2.24, 2.45) is 0 Å². The third-order valence-corrected chi connectivity index (χ3v) is 13.0. The zero-order chi connectivity index (χ0) is 50.1. The van der Waals surface area contributed by atoms with Crippen LogP contribution in [0.3, 0.4) is 0 Å². The highest BCUT2D eigenvalue weighted by atomic mass is 16.7. The van der Waals surface area contributed by atoms with E-state index in [9.17, 15) is 30.3 Å². The first-order chi connectivity index (χ1) is 33.8. The lowest BCUT2D eigenvalue weighted by Gasteiger charge is -2.40. The van der Waals surface area contributed by atoms with Crippen molar-refractivity contribution in [1.82, 2.24) is 5.32 Å². The fourth-order valence-corrected chi connectivity index (χ4v) is 8.55. The molecule has 398 valence electrons. The molecule has 9 heteroatoms. The Kier molecular flexibility index (Phi) is 45.7. The van der Waals surface area contributed by atoms with Gasteiger partial charge >= 0.3 is 0 Å². The van der Waals surface area contributed by atoms with Crippen molar-refractivity contribution in [2.45, 2.75) is 275 Å². The van der Waals surface area contributed by atoms with Gasteiger partial charge in [0.1, 0.15) is 24.4 Å². The van der Waals surface area contributed by atoms with Crippen LogP contribution >= 0.6 is 0 Å². The number of ether oxygens (including phenoxy) is 2. The van der Waals surface area contributed by atoms with Gasteiger partial charge in [0.15, 0.2) is 6.29 Å². The highest BCUT2D eigenvalue weighted by molar-refractivity contribution is 5.76. The highest BCUT2D eigenvalue weighted by Crippen LogP contribution is 2.23. The number of hydrogen-bond acceptors (Lipinski definition) is 8. The van der Waals surface area contributed by atoms with E-state index in [1.54, 1.807) is 0 Å². The van der Waals surface area contributed by atoms with Gasteiger partial charge in [-0.2, -0.15) is 0 Å². The number of hydrogen-bond donors (Lipinski definition) is 6. The lowest BCUT2D eigenvalue weighted by atomic mass is 9.99. The lowest BCUT2D eigenvalue weighted by molar-refractivity contribution is -0.302. The number of aliphatic hydroxyl groups is 5. The second-order valence-electron chi connectivity index (χ2n) is 19.4. The average molecular weight is 968 g/mol. The number of carbonyl (C=O) groups is 1. The molecule has 0 aromatic rings. The molecule has 6 N–H and O–H groups in total. The monoisotopic (exact) mass is 968 g/mol. The minimum atomic E-state index is -1.56. The molecule has 1 rings (SSSR count). The Hall–Kier alpha value is -2.63. The van der Waals surface area contributed by atoms with E-state index in [4.69, 9.17) is 9.47 Å². The molecule has 1 amide bonds. The van der Waals surface area contributed by atoms with Crippen LogP contribution in [0.1, 0.15) is 232 Å². The van der Waals surface area contributed by atoms with Crippen LogP contribution in [0, 0.1) is 0 Å². The molecular weight excluding hydrogens is 863 g/mol. The van der Waals surface area contributed by atoms with Crippen LogP contribution in [0.15, 0.2) is 85.1 Å². The third-order valence-electron chi connectivity index (χ3n) is 13.0. The van der Waals surface area contributed by atoms with Crippen molar-refractivity contribution in [3.8, 4) is 0 Å². The van der Waals surface area contributed by atoms with Gasteiger partial charge in [0.2, 0.25) is 5.91 Å². The molecule has 1 fully saturated rings. The van der Waals surface area contributed by atoms with Gasteiger partial charge in [-0.3, -0.25) is 4.79 Å². The van der Waals surface area contributed by atoms with Crippen molar-refractivity contribution in [3.63, 3.8) is 0 Å². The third kappa shape index (κ3) is 38.7. The summed E-state index contributed by atoms with van der Waals surface area (Å²) in [5.74, 6) is -0.151. The van der Waals surface area contributed by atoms with Crippen molar-refractivity contribution in [1.29, 1.82) is 0 Å². The van der Waals surface area contributed by atoms with Crippen LogP contribution in [0.4, 0.5) is 0 Å². The van der Waals surface area contributed by atoms with Crippen molar-refractivity contribution >= 4 is 5.91 Å². The summed E-state index contributed by atoms with van der Waals surface area (Å²) >= 11 is 0. The van der Waals surface area contributed by atoms with Gasteiger partial charge in [-0.25, -0.2) is 0 Å². The number of unbranched alkanes of at least 4 members (excludes halogenated alkanes) is 23. The highest BCUT2D eigenvalue weighted by Gasteiger charge is 2.44. The summed E-state index contributed by atoms with van der Waals surface area (Å²) in [6, 6.07) is -0.724. The van der Waals surface area contributed by atoms with Gasteiger partial charge in [0.05, 0.1) is 25.4 Å². The molecule has 7 unspecified atom stereocenters. The van der Waals surface area contributed by atoms with Crippen LogP contribution < -0.4 is 5.32 Å². The van der Waals surface area contributed by atoms with Crippen molar-refractivity contribution in [3.05, 3.63) is 85.1 Å². The standard InChI is InChI=1S/C60H105NO8/c1-3-5-7-9-11-13-15-17-18-19-20-21-22-23-24-25-26-27-28-29-30-31-32-33-34-35-36-38-40-42-44-46-48-50-56(64)61-53(52-68-60-59(67)58(66)57(65)55(51-62)69-60)54(63)49-47-45-43-41-39-37-16-14-12-10-8-6-4-2/h5,7,11,13,17-18,20-21,23-24,26-27,29-30,53-55,57-60,62-63,65-67H,3-4,6,8-10,12,14-16,19,22,25,28,31-52H2,1-2H3,(H,61,64)/b7-5-,13-11-,18-17-,21-20-,24-23-,27-26-,30-29-. The van der Waals surface area contributed by atoms with Crippen LogP contribution in [-0.2, 0) is 14.3 Å². The summed E-state index contributed by atoms with van der Waals surface area (Å²) in [5.41, 5.74) is 0. The number of nitrogens with one attached hydrogen (secondary N) is 1. The smallest absolute Gasteiger partial charge is 0.220 e. The maximum Gasteiger partial charge on any atom is 0.220 e. The van der Waals surface area contributed by atoms with Crippen LogP contribution in [0.2, 0.25) is 0 Å². The molecule has 0 aromatic heterocycles. The fraction of sp³-hybridized carbons (Fsp3) is 0.750. The summed E-state index contributed by atoms with van der Waals surface area (Å²) in [5, 5.41) is 54.5. The molecule has 1 aliphatic rings. The molecule has 0 aliphatic carbocycles. The van der Waals surface area contributed by atoms with Gasteiger partial charge < -0.3 is 40.3 Å². The van der Waals surface area contributed by atoms with Gasteiger partial charge in [-0.1, -0.05) is 240 Å². The minimum absolute atomic E-state index is 0.142. The first-order valence-electron chi connectivity index (χ1n) is 28.3. The van der Waals surface area contributed by atoms with E-state index in [0.29, 0.717) is 12.8 Å². The van der Waals surface area contributed by atoms with Crippen LogP contribution in [0.25, 0.3) is 0 Å². The number of carbonyl (C=O) groups excluding carboxylic acids is 1. The number of aliphatic hydroxyl groups excluding tert-OH is 5. The summed E-state index contributed by atoms with van der Waals surface area (Å²) in [6.45, 7) is 3.72. The molecule has 0 saturated carbocycles. The summed E-state index contributed by atoms with van der Waals surface area (Å²) in [6.07, 6.45) is 61.8. The molecule has 0 radical (unpaired) electrons. The van der Waals surface area contributed by atoms with Crippen LogP contribution in [0.5, 0.6) is 0 Å². The molecule has 1 saturated heterocycles. The van der Waals surface area contributed by atoms with Crippen molar-refractivity contribution < 1.29 is 39.8 Å². The topological polar surface area (TPSA) is 149 Å². The summed E-state index contributed by atoms with van der Waals surface area (Å²) < 4.78 is 11.3. The molecule has 1 aliphatic heterocycles. The molecule has 7 atom stereocenters. The van der Waals surface area contributed by atoms with E-state index in [1.807, 2.05) is 0 Å². The first kappa shape index (κ1) is 64.4. The van der Waals surface area contributed by atoms with Gasteiger partial charge in [-0.05, 0) is 70.6 Å². The average Bonchev–Trinajstić information content (AvgIpc) is 3.35. The molecule has 69 heavy (non-hydrogen) atoms. The van der Waals surface area contributed by atoms with Gasteiger partial charge in [0.25, 0.3) is 0 Å². The Morgan fingerprint density at radius 1 is 0.507 bits per heavy atom. The molecular formula is C60H105NO8. The Bertz CT molecular complexity index is 1350. The second kappa shape index (κ2) is 49.0. The summed E-state index contributed by atoms with van der Waals surface area (Å²) in [7, 11) is 0. The predicted octanol–water partition coefficient (Wildman–Crippen LogP) is 13.8. The van der Waals surface area contributed by atoms with Crippen molar-refractivity contribution in [2.75, 3.05) is 13.2 Å². The van der Waals surface area contributed by atoms with E-state index in [1.165, 1.54) is 116 Å². The normalized spacial score (nSPS) is 20.1. The van der Waals surface area contributed by atoms with E-state index in [-0.39, 0.29) is 12.5 Å². The number of amides is 1. The lowest BCUT2D eigenvalue weighted by Crippen LogP contribution is -2.60. The second-order valence-corrected chi connectivity index (χ2v) is 19.4. The largest absolute Gasteiger partial charge is 0.394 e. The quantitative estimate of drug-likeness (QED) is 0.0261. The zero-order valence-corrected chi connectivity index (χ0v) is 44.0. The molecule has 0 aromatic carbocycles. The van der Waals surface area contributed by atoms with E-state index >= 15 is 0 Å². The zero-order valence-electron chi connectivity index (χ0n) is 44.0. The predicted molar refractivity (Wildman–Crippen MR) is 290 cm³/mol. The summed E-state index contributed by atoms with van der Waals surface area (Å²) in [4.78, 5) is 13.0. The fourth-order valence-electron chi connectivity index (χ4n) is 8.55. The number of rotatable bonds is 47.